The smallest absolute Gasteiger partial charge is 0.255 e. The number of carbonyl (C=O) groups excluding carboxylic acids is 2. The Bertz CT molecular complexity index is 724. The average Bonchev–Trinajstić information content (AvgIpc) is 2.61. The van der Waals surface area contributed by atoms with Crippen LogP contribution < -0.4 is 15.4 Å². The third-order valence-corrected chi connectivity index (χ3v) is 3.53. The molecule has 0 fully saturated rings. The lowest BCUT2D eigenvalue weighted by Gasteiger charge is -2.10. The van der Waals surface area contributed by atoms with E-state index in [1.807, 2.05) is 18.2 Å². The van der Waals surface area contributed by atoms with E-state index < -0.39 is 0 Å². The van der Waals surface area contributed by atoms with Crippen LogP contribution in [-0.4, -0.2) is 25.5 Å². The van der Waals surface area contributed by atoms with Crippen molar-refractivity contribution >= 4 is 17.5 Å². The summed E-state index contributed by atoms with van der Waals surface area (Å²) in [5.41, 5.74) is 2.11. The second-order valence-electron chi connectivity index (χ2n) is 6.23. The lowest BCUT2D eigenvalue weighted by molar-refractivity contribution is -0.119. The Morgan fingerprint density at radius 1 is 1.08 bits per heavy atom. The summed E-state index contributed by atoms with van der Waals surface area (Å²) in [5, 5.41) is 5.43. The zero-order chi connectivity index (χ0) is 18.2. The minimum Gasteiger partial charge on any atom is -0.493 e. The number of benzene rings is 2. The molecule has 0 aliphatic rings. The number of hydrogen-bond acceptors (Lipinski definition) is 3. The molecule has 0 aliphatic carbocycles. The molecule has 2 N–H and O–H groups in total. The van der Waals surface area contributed by atoms with Crippen LogP contribution in [0.1, 0.15) is 29.8 Å². The average molecular weight is 340 g/mol. The predicted molar refractivity (Wildman–Crippen MR) is 98.9 cm³/mol. The number of hydrogen-bond donors (Lipinski definition) is 2. The number of ether oxygens (including phenoxy) is 1. The van der Waals surface area contributed by atoms with Crippen LogP contribution in [0.3, 0.4) is 0 Å². The highest BCUT2D eigenvalue weighted by atomic mass is 16.5. The minimum atomic E-state index is -0.200. The van der Waals surface area contributed by atoms with Crippen molar-refractivity contribution < 1.29 is 14.3 Å². The van der Waals surface area contributed by atoms with Gasteiger partial charge in [-0.3, -0.25) is 9.59 Å². The highest BCUT2D eigenvalue weighted by Gasteiger charge is 2.08. The number of carbonyl (C=O) groups is 2. The first-order valence-electron chi connectivity index (χ1n) is 8.31. The monoisotopic (exact) mass is 340 g/mol. The van der Waals surface area contributed by atoms with Crippen LogP contribution >= 0.6 is 0 Å². The summed E-state index contributed by atoms with van der Waals surface area (Å²) in [7, 11) is 1.61. The molecule has 2 rings (SSSR count). The molecule has 2 aromatic carbocycles. The number of rotatable bonds is 7. The number of likely N-dealkylation sites (N-methyl/N-ethyl adjacent to an activating group) is 1. The van der Waals surface area contributed by atoms with Crippen molar-refractivity contribution in [1.82, 2.24) is 5.32 Å². The van der Waals surface area contributed by atoms with E-state index in [2.05, 4.69) is 24.5 Å². The zero-order valence-corrected chi connectivity index (χ0v) is 14.8. The number of nitrogens with one attached hydrogen (secondary N) is 2. The SMILES string of the molecule is CNC(=O)Cc1ccc(NC(=O)c2cccc(OCC(C)C)c2)cc1. The first kappa shape index (κ1) is 18.5. The first-order chi connectivity index (χ1) is 12.0. The van der Waals surface area contributed by atoms with Crippen LogP contribution in [0.2, 0.25) is 0 Å². The Labute approximate surface area is 148 Å². The van der Waals surface area contributed by atoms with Crippen molar-refractivity contribution in [3.63, 3.8) is 0 Å². The van der Waals surface area contributed by atoms with Gasteiger partial charge < -0.3 is 15.4 Å². The van der Waals surface area contributed by atoms with Crippen LogP contribution in [-0.2, 0) is 11.2 Å². The first-order valence-corrected chi connectivity index (χ1v) is 8.31. The van der Waals surface area contributed by atoms with Gasteiger partial charge in [-0.25, -0.2) is 0 Å². The molecular weight excluding hydrogens is 316 g/mol. The molecule has 0 saturated carbocycles. The highest BCUT2D eigenvalue weighted by molar-refractivity contribution is 6.04. The summed E-state index contributed by atoms with van der Waals surface area (Å²) in [5.74, 6) is 0.858. The van der Waals surface area contributed by atoms with Crippen molar-refractivity contribution in [2.45, 2.75) is 20.3 Å². The molecule has 0 spiro atoms. The molecule has 0 saturated heterocycles. The van der Waals surface area contributed by atoms with Crippen LogP contribution in [0.15, 0.2) is 48.5 Å². The van der Waals surface area contributed by atoms with E-state index in [1.54, 1.807) is 37.4 Å². The topological polar surface area (TPSA) is 67.4 Å². The maximum absolute atomic E-state index is 12.4. The van der Waals surface area contributed by atoms with Crippen molar-refractivity contribution in [2.75, 3.05) is 19.0 Å². The number of amides is 2. The van der Waals surface area contributed by atoms with Gasteiger partial charge in [0.15, 0.2) is 0 Å². The van der Waals surface area contributed by atoms with Gasteiger partial charge in [-0.1, -0.05) is 32.0 Å². The Balaban J connectivity index is 1.99. The fraction of sp³-hybridized carbons (Fsp3) is 0.300. The van der Waals surface area contributed by atoms with Gasteiger partial charge in [0.25, 0.3) is 5.91 Å². The maximum Gasteiger partial charge on any atom is 0.255 e. The van der Waals surface area contributed by atoms with Gasteiger partial charge in [0, 0.05) is 18.3 Å². The Morgan fingerprint density at radius 2 is 1.80 bits per heavy atom. The van der Waals surface area contributed by atoms with Gasteiger partial charge >= 0.3 is 0 Å². The lowest BCUT2D eigenvalue weighted by Crippen LogP contribution is -2.19. The quantitative estimate of drug-likeness (QED) is 0.813. The van der Waals surface area contributed by atoms with E-state index >= 15 is 0 Å². The van der Waals surface area contributed by atoms with E-state index in [0.29, 0.717) is 35.9 Å². The third kappa shape index (κ3) is 5.95. The molecule has 0 unspecified atom stereocenters. The van der Waals surface area contributed by atoms with Gasteiger partial charge in [-0.2, -0.15) is 0 Å². The normalized spacial score (nSPS) is 10.4. The molecule has 0 heterocycles. The summed E-state index contributed by atoms with van der Waals surface area (Å²) in [6.45, 7) is 4.76. The Kier molecular flexibility index (Phi) is 6.57. The maximum atomic E-state index is 12.4. The molecule has 2 amide bonds. The fourth-order valence-electron chi connectivity index (χ4n) is 2.17. The largest absolute Gasteiger partial charge is 0.493 e. The molecule has 5 heteroatoms. The van der Waals surface area contributed by atoms with Crippen molar-refractivity contribution in [1.29, 1.82) is 0 Å². The van der Waals surface area contributed by atoms with E-state index in [9.17, 15) is 9.59 Å². The fourth-order valence-corrected chi connectivity index (χ4v) is 2.17. The van der Waals surface area contributed by atoms with Crippen LogP contribution in [0, 0.1) is 5.92 Å². The summed E-state index contributed by atoms with van der Waals surface area (Å²) in [4.78, 5) is 23.7. The molecule has 0 aromatic heterocycles. The molecule has 0 radical (unpaired) electrons. The van der Waals surface area contributed by atoms with Gasteiger partial charge in [0.1, 0.15) is 5.75 Å². The van der Waals surface area contributed by atoms with Crippen molar-refractivity contribution in [3.8, 4) is 5.75 Å². The summed E-state index contributed by atoms with van der Waals surface area (Å²) >= 11 is 0. The molecule has 0 bridgehead atoms. The van der Waals surface area contributed by atoms with E-state index in [1.165, 1.54) is 0 Å². The highest BCUT2D eigenvalue weighted by Crippen LogP contribution is 2.17. The zero-order valence-electron chi connectivity index (χ0n) is 14.8. The van der Waals surface area contributed by atoms with Crippen molar-refractivity contribution in [2.24, 2.45) is 5.92 Å². The van der Waals surface area contributed by atoms with Gasteiger partial charge in [0.05, 0.1) is 13.0 Å². The molecule has 2 aromatic rings. The number of anilines is 1. The van der Waals surface area contributed by atoms with Crippen LogP contribution in [0.5, 0.6) is 5.75 Å². The molecule has 0 aliphatic heterocycles. The van der Waals surface area contributed by atoms with Gasteiger partial charge in [-0.15, -0.1) is 0 Å². The molecule has 25 heavy (non-hydrogen) atoms. The summed E-state index contributed by atoms with van der Waals surface area (Å²) in [6.07, 6.45) is 0.319. The molecule has 0 atom stereocenters. The summed E-state index contributed by atoms with van der Waals surface area (Å²) in [6, 6.07) is 14.4. The Morgan fingerprint density at radius 3 is 2.44 bits per heavy atom. The van der Waals surface area contributed by atoms with Crippen LogP contribution in [0.4, 0.5) is 5.69 Å². The predicted octanol–water partition coefficient (Wildman–Crippen LogP) is 3.26. The Hall–Kier alpha value is -2.82. The van der Waals surface area contributed by atoms with Crippen LogP contribution in [0.25, 0.3) is 0 Å². The minimum absolute atomic E-state index is 0.0463. The second kappa shape index (κ2) is 8.87. The van der Waals surface area contributed by atoms with E-state index in [0.717, 1.165) is 5.56 Å². The van der Waals surface area contributed by atoms with E-state index in [4.69, 9.17) is 4.74 Å². The lowest BCUT2D eigenvalue weighted by atomic mass is 10.1. The standard InChI is InChI=1S/C20H24N2O3/c1-14(2)13-25-18-6-4-5-16(12-18)20(24)22-17-9-7-15(8-10-17)11-19(23)21-3/h4-10,12,14H,11,13H2,1-3H3,(H,21,23)(H,22,24). The molecule has 5 nitrogen and oxygen atoms in total. The van der Waals surface area contributed by atoms with E-state index in [-0.39, 0.29) is 11.8 Å². The van der Waals surface area contributed by atoms with Gasteiger partial charge in [0.2, 0.25) is 5.91 Å². The summed E-state index contributed by atoms with van der Waals surface area (Å²) < 4.78 is 5.65. The van der Waals surface area contributed by atoms with Gasteiger partial charge in [-0.05, 0) is 41.8 Å². The molecule has 132 valence electrons. The molecular formula is C20H24N2O3. The van der Waals surface area contributed by atoms with Crippen molar-refractivity contribution in [3.05, 3.63) is 59.7 Å². The second-order valence-corrected chi connectivity index (χ2v) is 6.23. The third-order valence-electron chi connectivity index (χ3n) is 3.53.